The minimum Gasteiger partial charge on any atom is -0.496 e. The zero-order valence-electron chi connectivity index (χ0n) is 18.1. The van der Waals surface area contributed by atoms with E-state index in [-0.39, 0.29) is 22.0 Å². The van der Waals surface area contributed by atoms with Crippen molar-refractivity contribution in [1.82, 2.24) is 5.32 Å². The van der Waals surface area contributed by atoms with Crippen LogP contribution in [0.15, 0.2) is 57.5 Å². The van der Waals surface area contributed by atoms with Crippen LogP contribution < -0.4 is 15.4 Å². The summed E-state index contributed by atoms with van der Waals surface area (Å²) in [4.78, 5) is 37.7. The Morgan fingerprint density at radius 2 is 2.00 bits per heavy atom. The monoisotopic (exact) mass is 547 g/mol. The number of allylic oxidation sites excluding steroid dienone is 1. The Labute approximate surface area is 207 Å². The van der Waals surface area contributed by atoms with Crippen molar-refractivity contribution in [1.29, 1.82) is 5.26 Å². The van der Waals surface area contributed by atoms with Crippen LogP contribution in [0.1, 0.15) is 11.5 Å². The second kappa shape index (κ2) is 11.2. The predicted molar refractivity (Wildman–Crippen MR) is 127 cm³/mol. The molecule has 1 heterocycles. The smallest absolute Gasteiger partial charge is 0.319 e. The van der Waals surface area contributed by atoms with Crippen LogP contribution in [0, 0.1) is 23.1 Å². The van der Waals surface area contributed by atoms with Crippen molar-refractivity contribution >= 4 is 51.2 Å². The van der Waals surface area contributed by atoms with Gasteiger partial charge in [-0.2, -0.15) is 5.26 Å². The predicted octanol–water partition coefficient (Wildman–Crippen LogP) is 3.71. The lowest BCUT2D eigenvalue weighted by Crippen LogP contribution is -2.44. The van der Waals surface area contributed by atoms with E-state index in [9.17, 15) is 24.0 Å². The van der Waals surface area contributed by atoms with Crippen LogP contribution in [0.25, 0.3) is 0 Å². The summed E-state index contributed by atoms with van der Waals surface area (Å²) in [5.41, 5.74) is 0.612. The maximum atomic E-state index is 13.8. The van der Waals surface area contributed by atoms with Gasteiger partial charge in [-0.1, -0.05) is 30.0 Å². The van der Waals surface area contributed by atoms with E-state index in [1.165, 1.54) is 25.3 Å². The molecule has 0 fully saturated rings. The lowest BCUT2D eigenvalue weighted by atomic mass is 9.78. The van der Waals surface area contributed by atoms with Gasteiger partial charge in [-0.25, -0.2) is 4.39 Å². The average molecular weight is 548 g/mol. The number of amides is 2. The molecule has 2 aromatic rings. The van der Waals surface area contributed by atoms with Crippen LogP contribution in [0.2, 0.25) is 0 Å². The summed E-state index contributed by atoms with van der Waals surface area (Å²) in [7, 11) is 2.65. The van der Waals surface area contributed by atoms with Crippen molar-refractivity contribution in [2.24, 2.45) is 5.92 Å². The van der Waals surface area contributed by atoms with Crippen molar-refractivity contribution in [2.45, 2.75) is 5.92 Å². The van der Waals surface area contributed by atoms with E-state index in [1.807, 2.05) is 0 Å². The number of nitrogens with zero attached hydrogens (tertiary/aromatic N) is 1. The summed E-state index contributed by atoms with van der Waals surface area (Å²) in [6.07, 6.45) is 0. The first-order chi connectivity index (χ1) is 16.3. The number of thioether (sulfide) groups is 1. The number of carbonyl (C=O) groups excluding carboxylic acids is 3. The lowest BCUT2D eigenvalue weighted by Gasteiger charge is -2.31. The molecule has 2 amide bonds. The van der Waals surface area contributed by atoms with Crippen molar-refractivity contribution in [3.63, 3.8) is 0 Å². The fourth-order valence-corrected chi connectivity index (χ4v) is 4.85. The second-order valence-electron chi connectivity index (χ2n) is 7.03. The molecular weight excluding hydrogens is 529 g/mol. The second-order valence-corrected chi connectivity index (χ2v) is 8.87. The zero-order chi connectivity index (χ0) is 24.8. The molecule has 0 bridgehead atoms. The number of ether oxygens (including phenoxy) is 2. The van der Waals surface area contributed by atoms with Gasteiger partial charge in [-0.15, -0.1) is 0 Å². The van der Waals surface area contributed by atoms with Crippen LogP contribution >= 0.6 is 27.7 Å². The van der Waals surface area contributed by atoms with Crippen LogP contribution in [-0.4, -0.2) is 37.8 Å². The fourth-order valence-electron chi connectivity index (χ4n) is 3.44. The van der Waals surface area contributed by atoms with Crippen molar-refractivity contribution in [2.75, 3.05) is 25.3 Å². The maximum Gasteiger partial charge on any atom is 0.319 e. The number of esters is 1. The number of nitrogens with one attached hydrogen (secondary N) is 2. The Morgan fingerprint density at radius 1 is 1.26 bits per heavy atom. The Hall–Kier alpha value is -3.36. The van der Waals surface area contributed by atoms with Crippen LogP contribution in [-0.2, 0) is 19.1 Å². The molecule has 0 unspecified atom stereocenters. The summed E-state index contributed by atoms with van der Waals surface area (Å²) in [5.74, 6) is -4.54. The maximum absolute atomic E-state index is 13.8. The van der Waals surface area contributed by atoms with Gasteiger partial charge in [-0.05, 0) is 45.8 Å². The molecule has 0 saturated carbocycles. The van der Waals surface area contributed by atoms with E-state index in [4.69, 9.17) is 9.47 Å². The van der Waals surface area contributed by atoms with E-state index in [1.54, 1.807) is 24.3 Å². The number of anilines is 1. The van der Waals surface area contributed by atoms with Gasteiger partial charge < -0.3 is 20.1 Å². The molecule has 0 aliphatic carbocycles. The minimum atomic E-state index is -1.31. The SMILES string of the molecule is COC(=O)[C@@H]1C(=O)NC(SCC(=O)Nc2ccccc2F)=C(C#N)[C@H]1c1ccc(OC)c(Br)c1. The summed E-state index contributed by atoms with van der Waals surface area (Å²) in [6, 6.07) is 12.7. The van der Waals surface area contributed by atoms with Gasteiger partial charge >= 0.3 is 5.97 Å². The lowest BCUT2D eigenvalue weighted by molar-refractivity contribution is -0.150. The molecule has 0 radical (unpaired) electrons. The molecule has 1 aliphatic rings. The highest BCUT2D eigenvalue weighted by Gasteiger charge is 2.44. The molecule has 1 aliphatic heterocycles. The molecule has 0 saturated heterocycles. The number of hydrogen-bond donors (Lipinski definition) is 2. The molecule has 2 atom stereocenters. The number of benzene rings is 2. The molecule has 34 heavy (non-hydrogen) atoms. The highest BCUT2D eigenvalue weighted by Crippen LogP contribution is 2.42. The third-order valence-corrected chi connectivity index (χ3v) is 6.65. The van der Waals surface area contributed by atoms with Gasteiger partial charge in [-0.3, -0.25) is 14.4 Å². The van der Waals surface area contributed by atoms with Gasteiger partial charge in [0, 0.05) is 5.92 Å². The molecule has 0 aromatic heterocycles. The van der Waals surface area contributed by atoms with Gasteiger partial charge in [0.05, 0.1) is 46.8 Å². The number of hydrogen-bond acceptors (Lipinski definition) is 7. The van der Waals surface area contributed by atoms with Gasteiger partial charge in [0.15, 0.2) is 0 Å². The van der Waals surface area contributed by atoms with E-state index < -0.39 is 35.4 Å². The quantitative estimate of drug-likeness (QED) is 0.400. The first-order valence-electron chi connectivity index (χ1n) is 9.84. The first kappa shape index (κ1) is 25.3. The molecule has 3 rings (SSSR count). The topological polar surface area (TPSA) is 118 Å². The number of para-hydroxylation sites is 1. The van der Waals surface area contributed by atoms with Crippen LogP contribution in [0.4, 0.5) is 10.1 Å². The Kier molecular flexibility index (Phi) is 8.31. The summed E-state index contributed by atoms with van der Waals surface area (Å²) >= 11 is 4.28. The summed E-state index contributed by atoms with van der Waals surface area (Å²) in [5, 5.41) is 15.1. The minimum absolute atomic E-state index is 0.0157. The number of rotatable bonds is 7. The Morgan fingerprint density at radius 3 is 2.62 bits per heavy atom. The van der Waals surface area contributed by atoms with Crippen LogP contribution in [0.5, 0.6) is 5.75 Å². The van der Waals surface area contributed by atoms with Gasteiger partial charge in [0.1, 0.15) is 17.5 Å². The Balaban J connectivity index is 1.94. The summed E-state index contributed by atoms with van der Waals surface area (Å²) < 4.78 is 24.4. The summed E-state index contributed by atoms with van der Waals surface area (Å²) in [6.45, 7) is 0. The number of methoxy groups -OCH3 is 2. The highest BCUT2D eigenvalue weighted by atomic mass is 79.9. The first-order valence-corrected chi connectivity index (χ1v) is 11.6. The van der Waals surface area contributed by atoms with Gasteiger partial charge in [0.25, 0.3) is 0 Å². The number of halogens is 2. The van der Waals surface area contributed by atoms with Gasteiger partial charge in [0.2, 0.25) is 11.8 Å². The van der Waals surface area contributed by atoms with Crippen molar-refractivity contribution in [3.05, 3.63) is 68.9 Å². The molecular formula is C23H19BrFN3O5S. The average Bonchev–Trinajstić information content (AvgIpc) is 2.83. The van der Waals surface area contributed by atoms with E-state index in [0.29, 0.717) is 15.8 Å². The Bertz CT molecular complexity index is 1210. The molecule has 2 aromatic carbocycles. The number of nitriles is 1. The number of carbonyl (C=O) groups is 3. The largest absolute Gasteiger partial charge is 0.496 e. The highest BCUT2D eigenvalue weighted by molar-refractivity contribution is 9.10. The van der Waals surface area contributed by atoms with E-state index in [2.05, 4.69) is 32.6 Å². The van der Waals surface area contributed by atoms with Crippen molar-refractivity contribution < 1.29 is 28.2 Å². The molecule has 8 nitrogen and oxygen atoms in total. The normalized spacial score (nSPS) is 17.4. The molecule has 176 valence electrons. The fraction of sp³-hybridized carbons (Fsp3) is 0.217. The molecule has 11 heteroatoms. The molecule has 0 spiro atoms. The zero-order valence-corrected chi connectivity index (χ0v) is 20.5. The van der Waals surface area contributed by atoms with Crippen molar-refractivity contribution in [3.8, 4) is 11.8 Å². The third-order valence-electron chi connectivity index (χ3n) is 5.01. The van der Waals surface area contributed by atoms with E-state index >= 15 is 0 Å². The van der Waals surface area contributed by atoms with Crippen LogP contribution in [0.3, 0.4) is 0 Å². The standard InChI is InChI=1S/C23H19BrFN3O5S/c1-32-17-8-7-12(9-14(17)24)19-13(10-26)22(28-21(30)20(19)23(31)33-2)34-11-18(29)27-16-6-4-3-5-15(16)25/h3-9,19-20H,11H2,1-2H3,(H,27,29)(H,28,30)/t19-,20+/m1/s1. The van der Waals surface area contributed by atoms with E-state index in [0.717, 1.165) is 18.9 Å². The third kappa shape index (κ3) is 5.40. The molecule has 2 N–H and O–H groups in total.